The van der Waals surface area contributed by atoms with E-state index < -0.39 is 10.0 Å². The van der Waals surface area contributed by atoms with Gasteiger partial charge in [-0.3, -0.25) is 4.98 Å². The van der Waals surface area contributed by atoms with Crippen LogP contribution in [-0.2, 0) is 10.0 Å². The van der Waals surface area contributed by atoms with Gasteiger partial charge in [0.05, 0.1) is 0 Å². The lowest BCUT2D eigenvalue weighted by Gasteiger charge is -2.15. The predicted octanol–water partition coefficient (Wildman–Crippen LogP) is 1.28. The van der Waals surface area contributed by atoms with Crippen molar-refractivity contribution in [1.29, 1.82) is 0 Å². The molecule has 0 aliphatic carbocycles. The Balaban J connectivity index is 2.88. The van der Waals surface area contributed by atoms with Crippen molar-refractivity contribution in [1.82, 2.24) is 9.71 Å². The van der Waals surface area contributed by atoms with Crippen LogP contribution in [0.4, 0.5) is 0 Å². The van der Waals surface area contributed by atoms with E-state index >= 15 is 0 Å². The van der Waals surface area contributed by atoms with E-state index in [0.717, 1.165) is 0 Å². The van der Waals surface area contributed by atoms with Gasteiger partial charge in [0.2, 0.25) is 10.0 Å². The van der Waals surface area contributed by atoms with E-state index in [1.54, 1.807) is 0 Å². The summed E-state index contributed by atoms with van der Waals surface area (Å²) in [5, 5.41) is 8.82. The molecule has 0 amide bonds. The van der Waals surface area contributed by atoms with E-state index in [9.17, 15) is 8.42 Å². The maximum absolute atomic E-state index is 12.0. The van der Waals surface area contributed by atoms with E-state index in [-0.39, 0.29) is 17.5 Å². The minimum absolute atomic E-state index is 0.0439. The van der Waals surface area contributed by atoms with Crippen LogP contribution >= 0.6 is 15.9 Å². The minimum atomic E-state index is -3.57. The zero-order valence-electron chi connectivity index (χ0n) is 9.43. The van der Waals surface area contributed by atoms with Gasteiger partial charge in [-0.05, 0) is 34.8 Å². The molecule has 1 heterocycles. The third kappa shape index (κ3) is 4.34. The van der Waals surface area contributed by atoms with Crippen LogP contribution in [0.3, 0.4) is 0 Å². The summed E-state index contributed by atoms with van der Waals surface area (Å²) in [4.78, 5) is 3.93. The molecule has 2 N–H and O–H groups in total. The van der Waals surface area contributed by atoms with Crippen molar-refractivity contribution in [3.8, 4) is 0 Å². The van der Waals surface area contributed by atoms with E-state index in [4.69, 9.17) is 5.11 Å². The number of aliphatic hydroxyl groups is 1. The second-order valence-corrected chi connectivity index (χ2v) is 6.21. The lowest BCUT2D eigenvalue weighted by molar-refractivity contribution is 0.270. The van der Waals surface area contributed by atoms with Crippen LogP contribution < -0.4 is 4.72 Å². The van der Waals surface area contributed by atoms with Crippen molar-refractivity contribution in [2.45, 2.75) is 30.7 Å². The fourth-order valence-electron chi connectivity index (χ4n) is 1.33. The lowest BCUT2D eigenvalue weighted by Crippen LogP contribution is -2.35. The van der Waals surface area contributed by atoms with Gasteiger partial charge in [0.1, 0.15) is 4.90 Å². The second kappa shape index (κ2) is 6.44. The van der Waals surface area contributed by atoms with Crippen LogP contribution in [0.1, 0.15) is 19.8 Å². The number of sulfonamides is 1. The summed E-state index contributed by atoms with van der Waals surface area (Å²) < 4.78 is 27.1. The van der Waals surface area contributed by atoms with Gasteiger partial charge < -0.3 is 5.11 Å². The SMILES string of the molecule is CCC(CCO)NS(=O)(=O)c1cncc(Br)c1. The first kappa shape index (κ1) is 14.6. The molecule has 0 aliphatic rings. The van der Waals surface area contributed by atoms with Crippen LogP contribution in [0, 0.1) is 0 Å². The van der Waals surface area contributed by atoms with Crippen LogP contribution in [0.25, 0.3) is 0 Å². The van der Waals surface area contributed by atoms with Gasteiger partial charge in [-0.2, -0.15) is 0 Å². The second-order valence-electron chi connectivity index (χ2n) is 3.58. The number of nitrogens with zero attached hydrogens (tertiary/aromatic N) is 1. The van der Waals surface area contributed by atoms with Crippen LogP contribution in [0.15, 0.2) is 27.8 Å². The average Bonchev–Trinajstić information content (AvgIpc) is 2.28. The highest BCUT2D eigenvalue weighted by molar-refractivity contribution is 9.10. The van der Waals surface area contributed by atoms with Gasteiger partial charge in [-0.25, -0.2) is 13.1 Å². The number of hydrogen-bond acceptors (Lipinski definition) is 4. The number of aliphatic hydroxyl groups excluding tert-OH is 1. The van der Waals surface area contributed by atoms with Gasteiger partial charge in [0.15, 0.2) is 0 Å². The fourth-order valence-corrected chi connectivity index (χ4v) is 3.19. The molecule has 0 saturated heterocycles. The maximum Gasteiger partial charge on any atom is 0.242 e. The van der Waals surface area contributed by atoms with Crippen molar-refractivity contribution < 1.29 is 13.5 Å². The van der Waals surface area contributed by atoms with Gasteiger partial charge in [-0.15, -0.1) is 0 Å². The largest absolute Gasteiger partial charge is 0.396 e. The van der Waals surface area contributed by atoms with Crippen molar-refractivity contribution in [3.63, 3.8) is 0 Å². The van der Waals surface area contributed by atoms with Gasteiger partial charge >= 0.3 is 0 Å². The Morgan fingerprint density at radius 3 is 2.76 bits per heavy atom. The zero-order valence-corrected chi connectivity index (χ0v) is 11.8. The van der Waals surface area contributed by atoms with Crippen molar-refractivity contribution in [2.75, 3.05) is 6.61 Å². The summed E-state index contributed by atoms with van der Waals surface area (Å²) in [5.41, 5.74) is 0. The van der Waals surface area contributed by atoms with Crippen LogP contribution in [-0.4, -0.2) is 31.2 Å². The minimum Gasteiger partial charge on any atom is -0.396 e. The first-order chi connectivity index (χ1) is 7.99. The molecule has 96 valence electrons. The molecule has 5 nitrogen and oxygen atoms in total. The molecular weight excluding hydrogens is 308 g/mol. The third-order valence-corrected chi connectivity index (χ3v) is 4.20. The smallest absolute Gasteiger partial charge is 0.242 e. The van der Waals surface area contributed by atoms with Crippen molar-refractivity contribution in [2.24, 2.45) is 0 Å². The Hall–Kier alpha value is -0.500. The molecule has 0 bridgehead atoms. The summed E-state index contributed by atoms with van der Waals surface area (Å²) in [6.45, 7) is 1.82. The number of nitrogens with one attached hydrogen (secondary N) is 1. The Labute approximate surface area is 109 Å². The van der Waals surface area contributed by atoms with Crippen LogP contribution in [0.2, 0.25) is 0 Å². The van der Waals surface area contributed by atoms with Crippen molar-refractivity contribution >= 4 is 26.0 Å². The summed E-state index contributed by atoms with van der Waals surface area (Å²) in [7, 11) is -3.57. The molecule has 1 rings (SSSR count). The number of rotatable bonds is 6. The highest BCUT2D eigenvalue weighted by atomic mass is 79.9. The normalized spacial score (nSPS) is 13.6. The molecule has 1 unspecified atom stereocenters. The molecule has 0 fully saturated rings. The number of pyridine rings is 1. The van der Waals surface area contributed by atoms with E-state index in [0.29, 0.717) is 17.3 Å². The lowest BCUT2D eigenvalue weighted by atomic mass is 10.2. The Bertz CT molecular complexity index is 464. The van der Waals surface area contributed by atoms with E-state index in [2.05, 4.69) is 25.6 Å². The fraction of sp³-hybridized carbons (Fsp3) is 0.500. The van der Waals surface area contributed by atoms with E-state index in [1.807, 2.05) is 6.92 Å². The molecule has 0 saturated carbocycles. The molecule has 0 spiro atoms. The molecule has 1 aromatic rings. The predicted molar refractivity (Wildman–Crippen MR) is 68.0 cm³/mol. The Morgan fingerprint density at radius 2 is 2.24 bits per heavy atom. The highest BCUT2D eigenvalue weighted by Crippen LogP contribution is 2.15. The standard InChI is InChI=1S/C10H15BrN2O3S/c1-2-9(3-4-14)13-17(15,16)10-5-8(11)6-12-7-10/h5-7,9,13-14H,2-4H2,1H3. The van der Waals surface area contributed by atoms with Crippen LogP contribution in [0.5, 0.6) is 0 Å². The molecule has 0 radical (unpaired) electrons. The van der Waals surface area contributed by atoms with Gasteiger partial charge in [-0.1, -0.05) is 6.92 Å². The molecule has 1 atom stereocenters. The highest BCUT2D eigenvalue weighted by Gasteiger charge is 2.19. The number of hydrogen-bond donors (Lipinski definition) is 2. The first-order valence-electron chi connectivity index (χ1n) is 5.23. The summed E-state index contributed by atoms with van der Waals surface area (Å²) in [5.74, 6) is 0. The number of aromatic nitrogens is 1. The van der Waals surface area contributed by atoms with Gasteiger partial charge in [0.25, 0.3) is 0 Å². The maximum atomic E-state index is 12.0. The topological polar surface area (TPSA) is 79.3 Å². The quantitative estimate of drug-likeness (QED) is 0.827. The summed E-state index contributed by atoms with van der Waals surface area (Å²) >= 11 is 3.17. The Kier molecular flexibility index (Phi) is 5.51. The van der Waals surface area contributed by atoms with Gasteiger partial charge in [0, 0.05) is 29.5 Å². The Morgan fingerprint density at radius 1 is 1.53 bits per heavy atom. The monoisotopic (exact) mass is 322 g/mol. The van der Waals surface area contributed by atoms with Crippen molar-refractivity contribution in [3.05, 3.63) is 22.9 Å². The molecular formula is C10H15BrN2O3S. The molecule has 7 heteroatoms. The first-order valence-corrected chi connectivity index (χ1v) is 7.51. The average molecular weight is 323 g/mol. The third-order valence-electron chi connectivity index (χ3n) is 2.28. The number of halogens is 1. The summed E-state index contributed by atoms with van der Waals surface area (Å²) in [6.07, 6.45) is 3.83. The summed E-state index contributed by atoms with van der Waals surface area (Å²) in [6, 6.07) is 1.23. The molecule has 0 aliphatic heterocycles. The molecule has 0 aromatic carbocycles. The molecule has 1 aromatic heterocycles. The molecule has 17 heavy (non-hydrogen) atoms. The zero-order chi connectivity index (χ0) is 12.9. The van der Waals surface area contributed by atoms with E-state index in [1.165, 1.54) is 18.5 Å².